The Balaban J connectivity index is 2.09. The highest BCUT2D eigenvalue weighted by atomic mass is 16.5. The molecule has 13 heavy (non-hydrogen) atoms. The van der Waals surface area contributed by atoms with Crippen LogP contribution in [0.3, 0.4) is 0 Å². The van der Waals surface area contributed by atoms with E-state index in [9.17, 15) is 0 Å². The number of ether oxygens (including phenoxy) is 1. The molecule has 1 heteroatoms. The molecule has 1 heterocycles. The Kier molecular flexibility index (Phi) is 1.45. The molecule has 3 rings (SSSR count). The van der Waals surface area contributed by atoms with E-state index in [-0.39, 0.29) is 0 Å². The number of hydrogen-bond donors (Lipinski definition) is 0. The number of fused-ring (bicyclic) bond motifs is 3. The van der Waals surface area contributed by atoms with Gasteiger partial charge in [-0.25, -0.2) is 0 Å². The number of hydrogen-bond acceptors (Lipinski definition) is 1. The Bertz CT molecular complexity index is 365. The van der Waals surface area contributed by atoms with Crippen molar-refractivity contribution in [3.63, 3.8) is 0 Å². The van der Waals surface area contributed by atoms with Gasteiger partial charge in [-0.3, -0.25) is 0 Å². The van der Waals surface area contributed by atoms with Crippen LogP contribution in [-0.2, 0) is 4.74 Å². The third-order valence-corrected chi connectivity index (χ3v) is 2.92. The fourth-order valence-electron chi connectivity index (χ4n) is 2.28. The lowest BCUT2D eigenvalue weighted by molar-refractivity contribution is 0.157. The summed E-state index contributed by atoms with van der Waals surface area (Å²) >= 11 is 0. The number of rotatable bonds is 0. The molecule has 0 bridgehead atoms. The first-order valence-corrected chi connectivity index (χ1v) is 4.88. The summed E-state index contributed by atoms with van der Waals surface area (Å²) in [4.78, 5) is 0. The molecule has 1 nitrogen and oxygen atoms in total. The smallest absolute Gasteiger partial charge is 0.104 e. The zero-order valence-electron chi connectivity index (χ0n) is 7.49. The lowest BCUT2D eigenvalue weighted by atomic mass is 9.94. The zero-order valence-corrected chi connectivity index (χ0v) is 7.49. The van der Waals surface area contributed by atoms with Crippen LogP contribution < -0.4 is 0 Å². The maximum atomic E-state index is 5.65. The average molecular weight is 172 g/mol. The number of allylic oxidation sites excluding steroid dienone is 1. The lowest BCUT2D eigenvalue weighted by Crippen LogP contribution is -2.10. The van der Waals surface area contributed by atoms with E-state index in [4.69, 9.17) is 4.74 Å². The fraction of sp³-hybridized carbons (Fsp3) is 0.333. The van der Waals surface area contributed by atoms with Crippen molar-refractivity contribution >= 4 is 6.08 Å². The first kappa shape index (κ1) is 7.19. The molecule has 0 N–H and O–H groups in total. The Hall–Kier alpha value is -1.24. The Morgan fingerprint density at radius 1 is 1.23 bits per heavy atom. The van der Waals surface area contributed by atoms with E-state index in [1.807, 2.05) is 0 Å². The molecular formula is C12H12O. The minimum Gasteiger partial charge on any atom is -0.497 e. The zero-order chi connectivity index (χ0) is 8.67. The summed E-state index contributed by atoms with van der Waals surface area (Å²) in [6.07, 6.45) is 4.64. The van der Waals surface area contributed by atoms with Crippen LogP contribution in [0.1, 0.15) is 29.9 Å². The van der Waals surface area contributed by atoms with Gasteiger partial charge in [0, 0.05) is 5.92 Å². The van der Waals surface area contributed by atoms with E-state index in [1.54, 1.807) is 0 Å². The van der Waals surface area contributed by atoms with Crippen molar-refractivity contribution < 1.29 is 4.74 Å². The van der Waals surface area contributed by atoms with Crippen molar-refractivity contribution in [3.05, 3.63) is 41.2 Å². The van der Waals surface area contributed by atoms with Gasteiger partial charge in [0.05, 0.1) is 6.61 Å². The SMILES string of the molecule is C1=C2OCCCC2c2ccccc21. The van der Waals surface area contributed by atoms with Gasteiger partial charge in [-0.05, 0) is 30.0 Å². The molecule has 0 radical (unpaired) electrons. The normalized spacial score (nSPS) is 24.3. The maximum absolute atomic E-state index is 5.65. The van der Waals surface area contributed by atoms with Crippen LogP contribution in [0.4, 0.5) is 0 Å². The quantitative estimate of drug-likeness (QED) is 0.584. The van der Waals surface area contributed by atoms with E-state index in [0.29, 0.717) is 5.92 Å². The summed E-state index contributed by atoms with van der Waals surface area (Å²) in [6.45, 7) is 0.899. The maximum Gasteiger partial charge on any atom is 0.104 e. The molecule has 66 valence electrons. The first-order valence-electron chi connectivity index (χ1n) is 4.88. The Labute approximate surface area is 78.0 Å². The second-order valence-electron chi connectivity index (χ2n) is 3.72. The van der Waals surface area contributed by atoms with Crippen LogP contribution in [0.15, 0.2) is 30.0 Å². The van der Waals surface area contributed by atoms with E-state index >= 15 is 0 Å². The van der Waals surface area contributed by atoms with Crippen molar-refractivity contribution in [2.75, 3.05) is 6.61 Å². The molecule has 0 amide bonds. The van der Waals surface area contributed by atoms with Gasteiger partial charge >= 0.3 is 0 Å². The second-order valence-corrected chi connectivity index (χ2v) is 3.72. The molecular weight excluding hydrogens is 160 g/mol. The average Bonchev–Trinajstić information content (AvgIpc) is 2.56. The Morgan fingerprint density at radius 3 is 3.15 bits per heavy atom. The molecule has 0 aromatic heterocycles. The molecule has 1 aromatic rings. The van der Waals surface area contributed by atoms with Crippen molar-refractivity contribution in [2.45, 2.75) is 18.8 Å². The molecule has 2 aliphatic rings. The van der Waals surface area contributed by atoms with Gasteiger partial charge in [0.2, 0.25) is 0 Å². The summed E-state index contributed by atoms with van der Waals surface area (Å²) in [5.74, 6) is 1.75. The van der Waals surface area contributed by atoms with Crippen LogP contribution in [0.25, 0.3) is 6.08 Å². The topological polar surface area (TPSA) is 9.23 Å². The van der Waals surface area contributed by atoms with Gasteiger partial charge in [-0.2, -0.15) is 0 Å². The summed E-state index contributed by atoms with van der Waals surface area (Å²) in [5.41, 5.74) is 2.81. The van der Waals surface area contributed by atoms with Crippen LogP contribution >= 0.6 is 0 Å². The molecule has 1 atom stereocenters. The molecule has 0 saturated carbocycles. The lowest BCUT2D eigenvalue weighted by Gasteiger charge is -2.22. The summed E-state index contributed by atoms with van der Waals surface area (Å²) in [6, 6.07) is 8.60. The van der Waals surface area contributed by atoms with Crippen LogP contribution in [0, 0.1) is 0 Å². The van der Waals surface area contributed by atoms with Crippen LogP contribution in [0.5, 0.6) is 0 Å². The van der Waals surface area contributed by atoms with Gasteiger partial charge < -0.3 is 4.74 Å². The third-order valence-electron chi connectivity index (χ3n) is 2.92. The second kappa shape index (κ2) is 2.63. The largest absolute Gasteiger partial charge is 0.497 e. The molecule has 1 unspecified atom stereocenters. The minimum absolute atomic E-state index is 0.560. The molecule has 0 spiro atoms. The van der Waals surface area contributed by atoms with Gasteiger partial charge in [-0.1, -0.05) is 24.3 Å². The van der Waals surface area contributed by atoms with Crippen molar-refractivity contribution in [2.24, 2.45) is 0 Å². The van der Waals surface area contributed by atoms with Crippen LogP contribution in [-0.4, -0.2) is 6.61 Å². The number of benzene rings is 1. The van der Waals surface area contributed by atoms with Gasteiger partial charge in [0.15, 0.2) is 0 Å². The molecule has 1 saturated heterocycles. The predicted molar refractivity (Wildman–Crippen MR) is 52.3 cm³/mol. The van der Waals surface area contributed by atoms with Crippen molar-refractivity contribution in [1.29, 1.82) is 0 Å². The summed E-state index contributed by atoms with van der Waals surface area (Å²) in [7, 11) is 0. The Morgan fingerprint density at radius 2 is 2.15 bits per heavy atom. The molecule has 1 aromatic carbocycles. The van der Waals surface area contributed by atoms with Crippen molar-refractivity contribution in [1.82, 2.24) is 0 Å². The molecule has 1 aliphatic heterocycles. The van der Waals surface area contributed by atoms with E-state index in [1.165, 1.54) is 29.7 Å². The highest BCUT2D eigenvalue weighted by Crippen LogP contribution is 2.41. The molecule has 1 aliphatic carbocycles. The highest BCUT2D eigenvalue weighted by Gasteiger charge is 2.28. The monoisotopic (exact) mass is 172 g/mol. The van der Waals surface area contributed by atoms with E-state index < -0.39 is 0 Å². The molecule has 1 fully saturated rings. The van der Waals surface area contributed by atoms with Gasteiger partial charge in [0.1, 0.15) is 5.76 Å². The van der Waals surface area contributed by atoms with Crippen molar-refractivity contribution in [3.8, 4) is 0 Å². The highest BCUT2D eigenvalue weighted by molar-refractivity contribution is 5.65. The van der Waals surface area contributed by atoms with E-state index in [2.05, 4.69) is 30.3 Å². The van der Waals surface area contributed by atoms with Crippen LogP contribution in [0.2, 0.25) is 0 Å². The van der Waals surface area contributed by atoms with E-state index in [0.717, 1.165) is 6.61 Å². The summed E-state index contributed by atoms with van der Waals surface area (Å²) < 4.78 is 5.65. The fourth-order valence-corrected chi connectivity index (χ4v) is 2.28. The third kappa shape index (κ3) is 0.998. The van der Waals surface area contributed by atoms with Gasteiger partial charge in [-0.15, -0.1) is 0 Å². The minimum atomic E-state index is 0.560. The first-order chi connectivity index (χ1) is 6.45. The standard InChI is InChI=1S/C12H12O/c1-2-5-10-9(4-1)8-12-11(10)6-3-7-13-12/h1-2,4-5,8,11H,3,6-7H2. The van der Waals surface area contributed by atoms with Gasteiger partial charge in [0.25, 0.3) is 0 Å². The predicted octanol–water partition coefficient (Wildman–Crippen LogP) is 2.94. The summed E-state index contributed by atoms with van der Waals surface area (Å²) in [5, 5.41) is 0.